The maximum atomic E-state index is 11.9. The molecular weight excluding hydrogens is 248 g/mol. The van der Waals surface area contributed by atoms with E-state index in [4.69, 9.17) is 11.6 Å². The van der Waals surface area contributed by atoms with E-state index < -0.39 is 5.69 Å². The second-order valence-electron chi connectivity index (χ2n) is 3.55. The van der Waals surface area contributed by atoms with Gasteiger partial charge in [-0.25, -0.2) is 4.79 Å². The van der Waals surface area contributed by atoms with Gasteiger partial charge in [0.1, 0.15) is 5.15 Å². The summed E-state index contributed by atoms with van der Waals surface area (Å²) in [5, 5.41) is 0.126. The van der Waals surface area contributed by atoms with Gasteiger partial charge in [0.15, 0.2) is 0 Å². The van der Waals surface area contributed by atoms with Crippen LogP contribution >= 0.6 is 23.4 Å². The van der Waals surface area contributed by atoms with Crippen LogP contribution in [0, 0.1) is 6.92 Å². The van der Waals surface area contributed by atoms with E-state index in [0.29, 0.717) is 5.56 Å². The van der Waals surface area contributed by atoms with Crippen molar-refractivity contribution in [1.29, 1.82) is 0 Å². The molecule has 90 valence electrons. The van der Waals surface area contributed by atoms with Crippen LogP contribution in [0.5, 0.6) is 0 Å². The minimum absolute atomic E-state index is 0.126. The lowest BCUT2D eigenvalue weighted by molar-refractivity contribution is 0.550. The van der Waals surface area contributed by atoms with Crippen molar-refractivity contribution in [2.24, 2.45) is 0 Å². The van der Waals surface area contributed by atoms with Crippen LogP contribution in [-0.4, -0.2) is 21.1 Å². The molecule has 0 aliphatic rings. The number of thioether (sulfide) groups is 1. The highest BCUT2D eigenvalue weighted by atomic mass is 35.5. The number of nitrogens with one attached hydrogen (secondary N) is 1. The van der Waals surface area contributed by atoms with Crippen molar-refractivity contribution in [3.8, 4) is 0 Å². The quantitative estimate of drug-likeness (QED) is 0.842. The number of hydrogen-bond acceptors (Lipinski definition) is 3. The molecule has 0 radical (unpaired) electrons. The highest BCUT2D eigenvalue weighted by Crippen LogP contribution is 2.11. The summed E-state index contributed by atoms with van der Waals surface area (Å²) in [5.74, 6) is 1.70. The summed E-state index contributed by atoms with van der Waals surface area (Å²) in [6.07, 6.45) is 0. The summed E-state index contributed by atoms with van der Waals surface area (Å²) in [7, 11) is 0. The van der Waals surface area contributed by atoms with Crippen molar-refractivity contribution in [3.05, 3.63) is 31.6 Å². The van der Waals surface area contributed by atoms with Crippen molar-refractivity contribution in [1.82, 2.24) is 9.55 Å². The Balaban J connectivity index is 3.19. The second kappa shape index (κ2) is 5.59. The van der Waals surface area contributed by atoms with Gasteiger partial charge in [0.25, 0.3) is 5.56 Å². The fourth-order valence-electron chi connectivity index (χ4n) is 1.38. The lowest BCUT2D eigenvalue weighted by atomic mass is 10.3. The predicted molar refractivity (Wildman–Crippen MR) is 68.8 cm³/mol. The Kier molecular flexibility index (Phi) is 4.68. The van der Waals surface area contributed by atoms with Crippen molar-refractivity contribution in [3.63, 3.8) is 0 Å². The first-order chi connectivity index (χ1) is 7.49. The summed E-state index contributed by atoms with van der Waals surface area (Å²) >= 11 is 7.42. The van der Waals surface area contributed by atoms with E-state index in [0.717, 1.165) is 11.5 Å². The molecule has 16 heavy (non-hydrogen) atoms. The molecule has 1 rings (SSSR count). The van der Waals surface area contributed by atoms with Gasteiger partial charge in [-0.15, -0.1) is 0 Å². The third kappa shape index (κ3) is 2.71. The van der Waals surface area contributed by atoms with Crippen LogP contribution in [0.2, 0.25) is 5.15 Å². The van der Waals surface area contributed by atoms with Crippen molar-refractivity contribution >= 4 is 23.4 Å². The predicted octanol–water partition coefficient (Wildman–Crippen LogP) is 1.81. The number of nitrogens with zero attached hydrogens (tertiary/aromatic N) is 1. The fraction of sp³-hybridized carbons (Fsp3) is 0.600. The molecule has 1 unspecified atom stereocenters. The van der Waals surface area contributed by atoms with Gasteiger partial charge in [0.2, 0.25) is 0 Å². The largest absolute Gasteiger partial charge is 0.329 e. The number of aromatic nitrogens is 2. The van der Waals surface area contributed by atoms with Crippen molar-refractivity contribution in [2.45, 2.75) is 26.8 Å². The molecule has 4 nitrogen and oxygen atoms in total. The third-order valence-corrected chi connectivity index (χ3v) is 3.81. The van der Waals surface area contributed by atoms with Gasteiger partial charge in [-0.3, -0.25) is 14.3 Å². The lowest BCUT2D eigenvalue weighted by Gasteiger charge is -2.14. The van der Waals surface area contributed by atoms with E-state index >= 15 is 0 Å². The Morgan fingerprint density at radius 3 is 2.69 bits per heavy atom. The average molecular weight is 263 g/mol. The first-order valence-corrected chi connectivity index (χ1v) is 6.61. The minimum Gasteiger partial charge on any atom is -0.297 e. The van der Waals surface area contributed by atoms with Crippen LogP contribution in [0.25, 0.3) is 0 Å². The first-order valence-electron chi connectivity index (χ1n) is 5.07. The Morgan fingerprint density at radius 2 is 2.12 bits per heavy atom. The summed E-state index contributed by atoms with van der Waals surface area (Å²) in [5.41, 5.74) is -0.364. The molecule has 1 heterocycles. The molecule has 0 aromatic carbocycles. The Labute approximate surface area is 103 Å². The summed E-state index contributed by atoms with van der Waals surface area (Å²) in [6, 6.07) is -0.128. The molecule has 0 bridgehead atoms. The molecule has 0 aliphatic heterocycles. The molecule has 1 N–H and O–H groups in total. The number of aromatic amines is 1. The van der Waals surface area contributed by atoms with Gasteiger partial charge in [-0.1, -0.05) is 18.5 Å². The van der Waals surface area contributed by atoms with E-state index in [1.54, 1.807) is 18.7 Å². The molecule has 1 aromatic heterocycles. The average Bonchev–Trinajstić information content (AvgIpc) is 2.23. The molecule has 1 atom stereocenters. The number of rotatable bonds is 4. The van der Waals surface area contributed by atoms with Gasteiger partial charge in [-0.2, -0.15) is 11.8 Å². The molecule has 0 saturated heterocycles. The summed E-state index contributed by atoms with van der Waals surface area (Å²) in [6.45, 7) is 5.50. The smallest absolute Gasteiger partial charge is 0.297 e. The maximum absolute atomic E-state index is 11.9. The van der Waals surface area contributed by atoms with E-state index in [2.05, 4.69) is 4.98 Å². The van der Waals surface area contributed by atoms with Gasteiger partial charge in [0, 0.05) is 17.4 Å². The van der Waals surface area contributed by atoms with Crippen LogP contribution in [0.3, 0.4) is 0 Å². The monoisotopic (exact) mass is 262 g/mol. The standard InChI is InChI=1S/C10H15ClN2O2S/c1-4-16-5-6(2)13-9(14)7(3)8(11)12-10(13)15/h6H,4-5H2,1-3H3,(H,12,15). The van der Waals surface area contributed by atoms with Crippen molar-refractivity contribution in [2.75, 3.05) is 11.5 Å². The number of halogens is 1. The Hall–Kier alpha value is -0.680. The van der Waals surface area contributed by atoms with Gasteiger partial charge in [-0.05, 0) is 19.6 Å². The molecule has 0 amide bonds. The van der Waals surface area contributed by atoms with Gasteiger partial charge >= 0.3 is 5.69 Å². The SMILES string of the molecule is CCSCC(C)n1c(=O)[nH]c(Cl)c(C)c1=O. The highest BCUT2D eigenvalue weighted by molar-refractivity contribution is 7.99. The van der Waals surface area contributed by atoms with Crippen LogP contribution in [0.15, 0.2) is 9.59 Å². The van der Waals surface area contributed by atoms with E-state index in [-0.39, 0.29) is 16.8 Å². The molecule has 0 spiro atoms. The van der Waals surface area contributed by atoms with Gasteiger partial charge < -0.3 is 0 Å². The minimum atomic E-state index is -0.440. The van der Waals surface area contributed by atoms with Crippen LogP contribution < -0.4 is 11.2 Å². The fourth-order valence-corrected chi connectivity index (χ4v) is 2.27. The van der Waals surface area contributed by atoms with Crippen LogP contribution in [0.4, 0.5) is 0 Å². The normalized spacial score (nSPS) is 12.8. The molecule has 1 aromatic rings. The molecule has 6 heteroatoms. The molecular formula is C10H15ClN2O2S. The van der Waals surface area contributed by atoms with E-state index in [1.165, 1.54) is 4.57 Å². The Bertz CT molecular complexity index is 481. The maximum Gasteiger partial charge on any atom is 0.329 e. The zero-order valence-corrected chi connectivity index (χ0v) is 11.1. The zero-order chi connectivity index (χ0) is 12.3. The van der Waals surface area contributed by atoms with Crippen LogP contribution in [0.1, 0.15) is 25.5 Å². The number of H-pyrrole nitrogens is 1. The lowest BCUT2D eigenvalue weighted by Crippen LogP contribution is -2.39. The van der Waals surface area contributed by atoms with Crippen LogP contribution in [-0.2, 0) is 0 Å². The van der Waals surface area contributed by atoms with Gasteiger partial charge in [0.05, 0.1) is 0 Å². The summed E-state index contributed by atoms with van der Waals surface area (Å²) < 4.78 is 1.23. The highest BCUT2D eigenvalue weighted by Gasteiger charge is 2.14. The topological polar surface area (TPSA) is 54.9 Å². The van der Waals surface area contributed by atoms with E-state index in [1.807, 2.05) is 13.8 Å². The molecule has 0 aliphatic carbocycles. The van der Waals surface area contributed by atoms with E-state index in [9.17, 15) is 9.59 Å². The Morgan fingerprint density at radius 1 is 1.50 bits per heavy atom. The molecule has 0 saturated carbocycles. The first kappa shape index (κ1) is 13.4. The summed E-state index contributed by atoms with van der Waals surface area (Å²) in [4.78, 5) is 26.0. The molecule has 0 fully saturated rings. The second-order valence-corrected chi connectivity index (χ2v) is 5.25. The van der Waals surface area contributed by atoms with Crippen molar-refractivity contribution < 1.29 is 0 Å². The number of hydrogen-bond donors (Lipinski definition) is 1. The third-order valence-electron chi connectivity index (χ3n) is 2.31. The zero-order valence-electron chi connectivity index (χ0n) is 9.54.